The van der Waals surface area contributed by atoms with E-state index in [-0.39, 0.29) is 5.96 Å². The predicted octanol–water partition coefficient (Wildman–Crippen LogP) is -0.436. The largest absolute Gasteiger partial charge is 0.355 e. The van der Waals surface area contributed by atoms with E-state index in [1.165, 1.54) is 0 Å². The maximum absolute atomic E-state index is 6.70. The van der Waals surface area contributed by atoms with Gasteiger partial charge in [-0.15, -0.1) is 0 Å². The lowest BCUT2D eigenvalue weighted by Crippen LogP contribution is -2.28. The van der Waals surface area contributed by atoms with E-state index in [0.29, 0.717) is 0 Å². The van der Waals surface area contributed by atoms with Gasteiger partial charge in [-0.2, -0.15) is 11.5 Å². The molecule has 7 heavy (non-hydrogen) atoms. The minimum Gasteiger partial charge on any atom is -0.355 e. The van der Waals surface area contributed by atoms with Crippen LogP contribution in [0.15, 0.2) is 0 Å². The smallest absolute Gasteiger partial charge is 0.259 e. The van der Waals surface area contributed by atoms with Gasteiger partial charge in [0, 0.05) is 7.05 Å². The van der Waals surface area contributed by atoms with Crippen LogP contribution in [0.25, 0.3) is 4.95 Å². The summed E-state index contributed by atoms with van der Waals surface area (Å²) in [6.07, 6.45) is 0. The summed E-state index contributed by atoms with van der Waals surface area (Å²) in [5, 5.41) is 9.13. The first kappa shape index (κ1) is 5.76. The number of rotatable bonds is 0. The molecule has 4 nitrogen and oxygen atoms in total. The number of guanidine groups is 1. The Labute approximate surface area is 41.8 Å². The molecule has 38 valence electrons. The molecule has 0 aromatic rings. The molecule has 0 aliphatic carbocycles. The fourth-order valence-corrected chi connectivity index (χ4v) is 0.112. The number of nitrogens with one attached hydrogen (secondary N) is 3. The Balaban J connectivity index is 3.23. The van der Waals surface area contributed by atoms with E-state index in [4.69, 9.17) is 12.0 Å². The molecule has 4 heteroatoms. The highest BCUT2D eigenvalue weighted by Gasteiger charge is 1.84. The van der Waals surface area contributed by atoms with Gasteiger partial charge in [-0.05, 0) is 0 Å². The SMILES string of the molecule is [C-]#[N+]NC(=N)NC. The van der Waals surface area contributed by atoms with Gasteiger partial charge in [0.25, 0.3) is 5.96 Å². The van der Waals surface area contributed by atoms with Gasteiger partial charge in [-0.1, -0.05) is 5.43 Å². The first-order valence-electron chi connectivity index (χ1n) is 1.70. The van der Waals surface area contributed by atoms with Crippen molar-refractivity contribution in [2.45, 2.75) is 0 Å². The van der Waals surface area contributed by atoms with Crippen molar-refractivity contribution >= 4 is 5.96 Å². The molecule has 0 amide bonds. The molecule has 0 atom stereocenters. The molecular formula is C3H6N4. The summed E-state index contributed by atoms with van der Waals surface area (Å²) in [7, 11) is 1.57. The van der Waals surface area contributed by atoms with Crippen LogP contribution < -0.4 is 10.7 Å². The molecule has 0 saturated heterocycles. The Morgan fingerprint density at radius 1 is 1.86 bits per heavy atom. The molecule has 0 heterocycles. The van der Waals surface area contributed by atoms with Crippen molar-refractivity contribution in [3.05, 3.63) is 11.5 Å². The topological polar surface area (TPSA) is 52.3 Å². The predicted molar refractivity (Wildman–Crippen MR) is 26.5 cm³/mol. The van der Waals surface area contributed by atoms with Crippen LogP contribution in [0.3, 0.4) is 0 Å². The van der Waals surface area contributed by atoms with Crippen LogP contribution in [0.2, 0.25) is 0 Å². The fraction of sp³-hybridized carbons (Fsp3) is 0.333. The van der Waals surface area contributed by atoms with E-state index in [2.05, 4.69) is 15.7 Å². The molecular weight excluding hydrogens is 92.1 g/mol. The molecule has 0 bridgehead atoms. The standard InChI is InChI=1S/C3H6N4/c1-5-3(4)7-6-2/h1H3,(H3,4,5,7). The Hall–Kier alpha value is -1.24. The minimum atomic E-state index is 0.0231. The zero-order valence-electron chi connectivity index (χ0n) is 3.95. The highest BCUT2D eigenvalue weighted by Crippen LogP contribution is 1.51. The second-order valence-electron chi connectivity index (χ2n) is 0.849. The summed E-state index contributed by atoms with van der Waals surface area (Å²) in [4.78, 5) is 2.72. The van der Waals surface area contributed by atoms with Gasteiger partial charge < -0.3 is 5.32 Å². The summed E-state index contributed by atoms with van der Waals surface area (Å²) in [6.45, 7) is 6.17. The fourth-order valence-electron chi connectivity index (χ4n) is 0.112. The lowest BCUT2D eigenvalue weighted by atomic mass is 11.0. The van der Waals surface area contributed by atoms with Gasteiger partial charge in [-0.25, -0.2) is 0 Å². The van der Waals surface area contributed by atoms with Crippen molar-refractivity contribution in [3.63, 3.8) is 0 Å². The summed E-state index contributed by atoms with van der Waals surface area (Å²) in [5.74, 6) is 0.0231. The van der Waals surface area contributed by atoms with Gasteiger partial charge in [0.1, 0.15) is 0 Å². The average molecular weight is 98.1 g/mol. The van der Waals surface area contributed by atoms with E-state index in [9.17, 15) is 0 Å². The summed E-state index contributed by atoms with van der Waals surface area (Å²) in [6, 6.07) is 0. The maximum atomic E-state index is 6.70. The third-order valence-electron chi connectivity index (χ3n) is 0.418. The summed E-state index contributed by atoms with van der Waals surface area (Å²) < 4.78 is 0. The molecule has 0 aromatic carbocycles. The zero-order valence-corrected chi connectivity index (χ0v) is 3.95. The van der Waals surface area contributed by atoms with Crippen LogP contribution in [-0.4, -0.2) is 13.0 Å². The Morgan fingerprint density at radius 3 is 2.57 bits per heavy atom. The van der Waals surface area contributed by atoms with Crippen LogP contribution in [-0.2, 0) is 0 Å². The number of nitrogens with zero attached hydrogens (tertiary/aromatic N) is 1. The van der Waals surface area contributed by atoms with E-state index in [1.54, 1.807) is 7.05 Å². The molecule has 0 unspecified atom stereocenters. The van der Waals surface area contributed by atoms with Crippen LogP contribution in [0.4, 0.5) is 0 Å². The van der Waals surface area contributed by atoms with Crippen molar-refractivity contribution < 1.29 is 0 Å². The van der Waals surface area contributed by atoms with E-state index < -0.39 is 0 Å². The third kappa shape index (κ3) is 2.56. The third-order valence-corrected chi connectivity index (χ3v) is 0.418. The van der Waals surface area contributed by atoms with Crippen molar-refractivity contribution in [2.75, 3.05) is 7.05 Å². The molecule has 0 aliphatic heterocycles. The van der Waals surface area contributed by atoms with E-state index in [0.717, 1.165) is 0 Å². The van der Waals surface area contributed by atoms with Gasteiger partial charge in [0.15, 0.2) is 0 Å². The van der Waals surface area contributed by atoms with Crippen LogP contribution in [0.1, 0.15) is 0 Å². The molecule has 0 aliphatic rings. The van der Waals surface area contributed by atoms with Crippen molar-refractivity contribution in [1.29, 1.82) is 5.41 Å². The highest BCUT2D eigenvalue weighted by atomic mass is 15.3. The van der Waals surface area contributed by atoms with Crippen LogP contribution in [0.5, 0.6) is 0 Å². The van der Waals surface area contributed by atoms with Crippen molar-refractivity contribution in [2.24, 2.45) is 0 Å². The number of hydrogen-bond acceptors (Lipinski definition) is 1. The summed E-state index contributed by atoms with van der Waals surface area (Å²) in [5.41, 5.74) is 2.06. The zero-order chi connectivity index (χ0) is 5.70. The van der Waals surface area contributed by atoms with Crippen LogP contribution in [0, 0.1) is 12.0 Å². The molecule has 3 N–H and O–H groups in total. The second-order valence-corrected chi connectivity index (χ2v) is 0.849. The van der Waals surface area contributed by atoms with Gasteiger partial charge in [-0.3, -0.25) is 5.41 Å². The van der Waals surface area contributed by atoms with Crippen LogP contribution >= 0.6 is 0 Å². The van der Waals surface area contributed by atoms with E-state index >= 15 is 0 Å². The Bertz CT molecular complexity index is 100.0. The Morgan fingerprint density at radius 2 is 2.43 bits per heavy atom. The van der Waals surface area contributed by atoms with E-state index in [1.807, 2.05) is 0 Å². The molecule has 0 spiro atoms. The lowest BCUT2D eigenvalue weighted by Gasteiger charge is -1.89. The lowest BCUT2D eigenvalue weighted by molar-refractivity contribution is 1.04. The van der Waals surface area contributed by atoms with Crippen molar-refractivity contribution in [3.8, 4) is 0 Å². The summed E-state index contributed by atoms with van der Waals surface area (Å²) >= 11 is 0. The van der Waals surface area contributed by atoms with Gasteiger partial charge in [0.05, 0.1) is 0 Å². The normalized spacial score (nSPS) is 6.29. The van der Waals surface area contributed by atoms with Crippen molar-refractivity contribution in [1.82, 2.24) is 10.7 Å². The molecule has 0 rings (SSSR count). The number of hydrogen-bond donors (Lipinski definition) is 3. The highest BCUT2D eigenvalue weighted by molar-refractivity contribution is 5.76. The molecule has 0 radical (unpaired) electrons. The molecule has 0 fully saturated rings. The molecule has 0 saturated carbocycles. The van der Waals surface area contributed by atoms with Gasteiger partial charge in [0.2, 0.25) is 0 Å². The second kappa shape index (κ2) is 2.97. The monoisotopic (exact) mass is 98.1 g/mol. The maximum Gasteiger partial charge on any atom is 0.259 e. The Kier molecular flexibility index (Phi) is 2.44. The minimum absolute atomic E-state index is 0.0231. The van der Waals surface area contributed by atoms with Gasteiger partial charge >= 0.3 is 0 Å². The first-order valence-corrected chi connectivity index (χ1v) is 1.70. The average Bonchev–Trinajstić information content (AvgIpc) is 1.68. The molecule has 0 aromatic heterocycles. The quantitative estimate of drug-likeness (QED) is 0.166. The first-order chi connectivity index (χ1) is 3.31.